The molecule has 0 spiro atoms. The monoisotopic (exact) mass is 286 g/mol. The second-order valence-corrected chi connectivity index (χ2v) is 5.24. The van der Waals surface area contributed by atoms with Gasteiger partial charge in [0.15, 0.2) is 0 Å². The fraction of sp³-hybridized carbons (Fsp3) is 0.333. The minimum atomic E-state index is -0.198. The van der Waals surface area contributed by atoms with Crippen LogP contribution in [0.25, 0.3) is 0 Å². The first-order valence-electron chi connectivity index (χ1n) is 7.38. The first-order chi connectivity index (χ1) is 10.1. The van der Waals surface area contributed by atoms with Gasteiger partial charge in [-0.2, -0.15) is 0 Å². The Kier molecular flexibility index (Phi) is 4.97. The minimum absolute atomic E-state index is 0.0915. The number of benzene rings is 2. The average molecular weight is 286 g/mol. The van der Waals surface area contributed by atoms with Crippen LogP contribution in [-0.4, -0.2) is 13.6 Å². The fourth-order valence-electron chi connectivity index (χ4n) is 2.61. The zero-order chi connectivity index (χ0) is 15.4. The highest BCUT2D eigenvalue weighted by Crippen LogP contribution is 2.33. The number of nitrogens with one attached hydrogen (secondary N) is 1. The Labute approximate surface area is 126 Å². The maximum absolute atomic E-state index is 13.6. The maximum atomic E-state index is 13.6. The summed E-state index contributed by atoms with van der Waals surface area (Å²) in [7, 11) is 1.89. The molecule has 0 amide bonds. The molecule has 0 saturated heterocycles. The molecule has 0 saturated carbocycles. The summed E-state index contributed by atoms with van der Waals surface area (Å²) in [6.07, 6.45) is 0. The maximum Gasteiger partial charge on any atom is 0.123 e. The molecular formula is C18H23FN2. The van der Waals surface area contributed by atoms with Gasteiger partial charge in [-0.25, -0.2) is 4.39 Å². The predicted octanol–water partition coefficient (Wildman–Crippen LogP) is 4.57. The van der Waals surface area contributed by atoms with Gasteiger partial charge in [-0.05, 0) is 63.2 Å². The van der Waals surface area contributed by atoms with Crippen LogP contribution in [0.2, 0.25) is 0 Å². The van der Waals surface area contributed by atoms with Crippen molar-refractivity contribution in [2.45, 2.75) is 26.8 Å². The van der Waals surface area contributed by atoms with Gasteiger partial charge in [0.05, 0.1) is 0 Å². The summed E-state index contributed by atoms with van der Waals surface area (Å²) < 4.78 is 13.6. The van der Waals surface area contributed by atoms with Gasteiger partial charge in [0.2, 0.25) is 0 Å². The van der Waals surface area contributed by atoms with Crippen LogP contribution >= 0.6 is 0 Å². The van der Waals surface area contributed by atoms with E-state index < -0.39 is 0 Å². The lowest BCUT2D eigenvalue weighted by atomic mass is 10.0. The van der Waals surface area contributed by atoms with Gasteiger partial charge in [-0.1, -0.05) is 18.2 Å². The van der Waals surface area contributed by atoms with Crippen molar-refractivity contribution in [1.29, 1.82) is 0 Å². The van der Waals surface area contributed by atoms with E-state index in [1.807, 2.05) is 32.2 Å². The van der Waals surface area contributed by atoms with E-state index in [4.69, 9.17) is 0 Å². The predicted molar refractivity (Wildman–Crippen MR) is 87.7 cm³/mol. The van der Waals surface area contributed by atoms with Crippen LogP contribution in [0.4, 0.5) is 15.8 Å². The van der Waals surface area contributed by atoms with Crippen LogP contribution in [0, 0.1) is 12.7 Å². The van der Waals surface area contributed by atoms with Crippen molar-refractivity contribution in [3.63, 3.8) is 0 Å². The fourth-order valence-corrected chi connectivity index (χ4v) is 2.61. The van der Waals surface area contributed by atoms with Gasteiger partial charge < -0.3 is 10.2 Å². The van der Waals surface area contributed by atoms with Crippen LogP contribution in [-0.2, 0) is 0 Å². The SMILES string of the molecule is CCN(c1ccccc1C)c1ccc(F)cc1C(C)NC. The summed E-state index contributed by atoms with van der Waals surface area (Å²) in [4.78, 5) is 2.23. The lowest BCUT2D eigenvalue weighted by molar-refractivity contribution is 0.608. The molecule has 2 aromatic rings. The van der Waals surface area contributed by atoms with Gasteiger partial charge in [-0.15, -0.1) is 0 Å². The van der Waals surface area contributed by atoms with E-state index >= 15 is 0 Å². The first-order valence-corrected chi connectivity index (χ1v) is 7.38. The summed E-state index contributed by atoms with van der Waals surface area (Å²) in [6, 6.07) is 13.4. The van der Waals surface area contributed by atoms with Crippen LogP contribution < -0.4 is 10.2 Å². The first kappa shape index (κ1) is 15.5. The number of rotatable bonds is 5. The molecule has 1 unspecified atom stereocenters. The van der Waals surface area contributed by atoms with Crippen LogP contribution in [0.5, 0.6) is 0 Å². The number of halogens is 1. The third-order valence-electron chi connectivity index (χ3n) is 3.90. The molecule has 0 radical (unpaired) electrons. The molecule has 1 N–H and O–H groups in total. The molecule has 0 fully saturated rings. The minimum Gasteiger partial charge on any atom is -0.341 e. The molecule has 0 bridgehead atoms. The van der Waals surface area contributed by atoms with Crippen LogP contribution in [0.1, 0.15) is 31.0 Å². The van der Waals surface area contributed by atoms with Crippen molar-refractivity contribution in [2.75, 3.05) is 18.5 Å². The van der Waals surface area contributed by atoms with Gasteiger partial charge >= 0.3 is 0 Å². The number of para-hydroxylation sites is 1. The Bertz CT molecular complexity index is 610. The summed E-state index contributed by atoms with van der Waals surface area (Å²) in [5.41, 5.74) is 4.40. The van der Waals surface area contributed by atoms with Crippen LogP contribution in [0.15, 0.2) is 42.5 Å². The lowest BCUT2D eigenvalue weighted by Crippen LogP contribution is -2.22. The third kappa shape index (κ3) is 3.24. The van der Waals surface area contributed by atoms with Gasteiger partial charge in [0.1, 0.15) is 5.82 Å². The summed E-state index contributed by atoms with van der Waals surface area (Å²) in [6.45, 7) is 7.09. The Morgan fingerprint density at radius 1 is 1.14 bits per heavy atom. The number of anilines is 2. The Morgan fingerprint density at radius 2 is 1.86 bits per heavy atom. The van der Waals surface area contributed by atoms with Crippen molar-refractivity contribution in [3.8, 4) is 0 Å². The van der Waals surface area contributed by atoms with Crippen molar-refractivity contribution >= 4 is 11.4 Å². The normalized spacial score (nSPS) is 12.2. The van der Waals surface area contributed by atoms with E-state index in [0.717, 1.165) is 23.5 Å². The summed E-state index contributed by atoms with van der Waals surface area (Å²) in [5, 5.41) is 3.20. The molecule has 0 heterocycles. The molecule has 0 aliphatic carbocycles. The van der Waals surface area contributed by atoms with E-state index in [9.17, 15) is 4.39 Å². The second kappa shape index (κ2) is 6.72. The molecule has 0 aromatic heterocycles. The van der Waals surface area contributed by atoms with Crippen molar-refractivity contribution in [2.24, 2.45) is 0 Å². The van der Waals surface area contributed by atoms with Crippen molar-refractivity contribution in [1.82, 2.24) is 5.32 Å². The Balaban J connectivity index is 2.55. The highest BCUT2D eigenvalue weighted by molar-refractivity contribution is 5.69. The standard InChI is InChI=1S/C18H23FN2/c1-5-21(17-9-7-6-8-13(17)2)18-11-10-15(19)12-16(18)14(3)20-4/h6-12,14,20H,5H2,1-4H3. The average Bonchev–Trinajstić information content (AvgIpc) is 2.50. The molecule has 112 valence electrons. The molecule has 3 heteroatoms. The molecule has 21 heavy (non-hydrogen) atoms. The quantitative estimate of drug-likeness (QED) is 0.866. The molecule has 2 aromatic carbocycles. The van der Waals surface area contributed by atoms with Gasteiger partial charge in [0.25, 0.3) is 0 Å². The number of nitrogens with zero attached hydrogens (tertiary/aromatic N) is 1. The van der Waals surface area contributed by atoms with E-state index in [1.165, 1.54) is 11.6 Å². The second-order valence-electron chi connectivity index (χ2n) is 5.24. The van der Waals surface area contributed by atoms with Gasteiger partial charge in [0, 0.05) is 24.0 Å². The van der Waals surface area contributed by atoms with E-state index in [0.29, 0.717) is 0 Å². The van der Waals surface area contributed by atoms with E-state index in [2.05, 4.69) is 36.2 Å². The molecule has 0 aliphatic rings. The Hall–Kier alpha value is -1.87. The van der Waals surface area contributed by atoms with Crippen molar-refractivity contribution < 1.29 is 4.39 Å². The molecule has 0 aliphatic heterocycles. The third-order valence-corrected chi connectivity index (χ3v) is 3.90. The molecule has 1 atom stereocenters. The molecular weight excluding hydrogens is 263 g/mol. The number of hydrogen-bond donors (Lipinski definition) is 1. The highest BCUT2D eigenvalue weighted by Gasteiger charge is 2.17. The molecule has 2 rings (SSSR count). The van der Waals surface area contributed by atoms with E-state index in [1.54, 1.807) is 6.07 Å². The zero-order valence-electron chi connectivity index (χ0n) is 13.2. The van der Waals surface area contributed by atoms with Crippen LogP contribution in [0.3, 0.4) is 0 Å². The Morgan fingerprint density at radius 3 is 2.48 bits per heavy atom. The largest absolute Gasteiger partial charge is 0.341 e. The van der Waals surface area contributed by atoms with Gasteiger partial charge in [-0.3, -0.25) is 0 Å². The summed E-state index contributed by atoms with van der Waals surface area (Å²) in [5.74, 6) is -0.198. The topological polar surface area (TPSA) is 15.3 Å². The lowest BCUT2D eigenvalue weighted by Gasteiger charge is -2.29. The smallest absolute Gasteiger partial charge is 0.123 e. The highest BCUT2D eigenvalue weighted by atomic mass is 19.1. The number of aryl methyl sites for hydroxylation is 1. The zero-order valence-corrected chi connectivity index (χ0v) is 13.2. The van der Waals surface area contributed by atoms with Crippen molar-refractivity contribution in [3.05, 3.63) is 59.4 Å². The molecule has 2 nitrogen and oxygen atoms in total. The van der Waals surface area contributed by atoms with E-state index in [-0.39, 0.29) is 11.9 Å². The number of hydrogen-bond acceptors (Lipinski definition) is 2. The summed E-state index contributed by atoms with van der Waals surface area (Å²) >= 11 is 0.